The molecule has 0 unspecified atom stereocenters. The maximum atomic E-state index is 2.43. The van der Waals surface area contributed by atoms with Crippen molar-refractivity contribution in [1.82, 2.24) is 0 Å². The summed E-state index contributed by atoms with van der Waals surface area (Å²) in [4.78, 5) is 0. The van der Waals surface area contributed by atoms with Gasteiger partial charge in [0.2, 0.25) is 0 Å². The van der Waals surface area contributed by atoms with Crippen molar-refractivity contribution in [3.05, 3.63) is 58.5 Å². The molecule has 0 N–H and O–H groups in total. The summed E-state index contributed by atoms with van der Waals surface area (Å²) < 4.78 is 0. The fourth-order valence-electron chi connectivity index (χ4n) is 5.06. The maximum absolute atomic E-state index is 2.43. The molecule has 1 saturated carbocycles. The second-order valence-corrected chi connectivity index (χ2v) is 7.85. The van der Waals surface area contributed by atoms with E-state index in [-0.39, 0.29) is 0 Å². The zero-order chi connectivity index (χ0) is 16.6. The van der Waals surface area contributed by atoms with Crippen LogP contribution >= 0.6 is 0 Å². The van der Waals surface area contributed by atoms with Crippen molar-refractivity contribution in [1.29, 1.82) is 0 Å². The SMILES string of the molecule is C1=c2ccc3c(ccc4c(C5CCCCCC5)cccc43)c2=CCC1. The molecule has 2 aliphatic carbocycles. The highest BCUT2D eigenvalue weighted by Crippen LogP contribution is 2.37. The lowest BCUT2D eigenvalue weighted by molar-refractivity contribution is 0.596. The molecule has 3 aromatic carbocycles. The largest absolute Gasteiger partial charge is 0.0763 e. The highest BCUT2D eigenvalue weighted by molar-refractivity contribution is 6.08. The Hall–Kier alpha value is -2.08. The van der Waals surface area contributed by atoms with Crippen LogP contribution in [0.4, 0.5) is 0 Å². The van der Waals surface area contributed by atoms with Crippen molar-refractivity contribution in [2.45, 2.75) is 57.3 Å². The molecule has 126 valence electrons. The number of benzene rings is 3. The fourth-order valence-corrected chi connectivity index (χ4v) is 5.06. The van der Waals surface area contributed by atoms with Crippen LogP contribution in [0.3, 0.4) is 0 Å². The molecule has 0 aliphatic heterocycles. The zero-order valence-corrected chi connectivity index (χ0v) is 14.9. The van der Waals surface area contributed by atoms with Gasteiger partial charge in [-0.25, -0.2) is 0 Å². The van der Waals surface area contributed by atoms with Crippen LogP contribution in [-0.2, 0) is 0 Å². The molecule has 0 spiro atoms. The Bertz CT molecular complexity index is 1050. The molecule has 0 amide bonds. The summed E-state index contributed by atoms with van der Waals surface area (Å²) in [6.45, 7) is 0. The maximum Gasteiger partial charge on any atom is -0.00990 e. The molecule has 1 fully saturated rings. The van der Waals surface area contributed by atoms with Crippen LogP contribution in [0.5, 0.6) is 0 Å². The highest BCUT2D eigenvalue weighted by Gasteiger charge is 2.17. The summed E-state index contributed by atoms with van der Waals surface area (Å²) in [5.74, 6) is 0.751. The third-order valence-electron chi connectivity index (χ3n) is 6.34. The molecule has 0 aromatic heterocycles. The molecule has 0 atom stereocenters. The van der Waals surface area contributed by atoms with Gasteiger partial charge in [0.05, 0.1) is 0 Å². The first-order chi connectivity index (χ1) is 12.4. The molecule has 0 nitrogen and oxygen atoms in total. The Morgan fingerprint density at radius 3 is 2.20 bits per heavy atom. The van der Waals surface area contributed by atoms with Crippen molar-refractivity contribution >= 4 is 33.7 Å². The Labute approximate surface area is 149 Å². The molecular formula is C25H26. The second-order valence-electron chi connectivity index (χ2n) is 7.85. The van der Waals surface area contributed by atoms with Crippen LogP contribution in [0, 0.1) is 0 Å². The van der Waals surface area contributed by atoms with Crippen molar-refractivity contribution < 1.29 is 0 Å². The molecule has 0 bridgehead atoms. The zero-order valence-electron chi connectivity index (χ0n) is 14.9. The normalized spacial score (nSPS) is 18.4. The van der Waals surface area contributed by atoms with E-state index in [0.29, 0.717) is 0 Å². The monoisotopic (exact) mass is 326 g/mol. The van der Waals surface area contributed by atoms with E-state index in [4.69, 9.17) is 0 Å². The topological polar surface area (TPSA) is 0 Å². The summed E-state index contributed by atoms with van der Waals surface area (Å²) in [6, 6.07) is 16.5. The van der Waals surface area contributed by atoms with Gasteiger partial charge >= 0.3 is 0 Å². The van der Waals surface area contributed by atoms with Gasteiger partial charge in [0.25, 0.3) is 0 Å². The fraction of sp³-hybridized carbons (Fsp3) is 0.360. The van der Waals surface area contributed by atoms with Gasteiger partial charge in [-0.3, -0.25) is 0 Å². The molecule has 5 rings (SSSR count). The molecule has 0 saturated heterocycles. The average Bonchev–Trinajstić information content (AvgIpc) is 2.96. The first-order valence-corrected chi connectivity index (χ1v) is 10.1. The Kier molecular flexibility index (Phi) is 3.85. The standard InChI is InChI=1S/C25H26/c1-2-4-9-18(8-3-1)21-12-7-13-22-23(21)16-17-24-20-11-6-5-10-19(20)14-15-25(22)24/h7,10-18H,1-6,8-9H2. The lowest BCUT2D eigenvalue weighted by atomic mass is 9.86. The van der Waals surface area contributed by atoms with Gasteiger partial charge in [-0.2, -0.15) is 0 Å². The number of fused-ring (bicyclic) bond motifs is 5. The summed E-state index contributed by atoms with van der Waals surface area (Å²) in [5.41, 5.74) is 1.59. The van der Waals surface area contributed by atoms with Gasteiger partial charge < -0.3 is 0 Å². The minimum absolute atomic E-state index is 0.751. The van der Waals surface area contributed by atoms with E-state index < -0.39 is 0 Å². The molecule has 0 heteroatoms. The third-order valence-corrected chi connectivity index (χ3v) is 6.34. The summed E-state index contributed by atoms with van der Waals surface area (Å²) in [5, 5.41) is 8.66. The van der Waals surface area contributed by atoms with Crippen molar-refractivity contribution in [3.63, 3.8) is 0 Å². The molecule has 0 heterocycles. The minimum atomic E-state index is 0.751. The molecule has 0 radical (unpaired) electrons. The van der Waals surface area contributed by atoms with E-state index in [1.807, 2.05) is 0 Å². The van der Waals surface area contributed by atoms with Crippen molar-refractivity contribution in [3.8, 4) is 0 Å². The van der Waals surface area contributed by atoms with E-state index in [2.05, 4.69) is 54.6 Å². The number of hydrogen-bond donors (Lipinski definition) is 0. The lowest BCUT2D eigenvalue weighted by Crippen LogP contribution is -2.27. The predicted octanol–water partition coefficient (Wildman–Crippen LogP) is 5.79. The summed E-state index contributed by atoms with van der Waals surface area (Å²) in [6.07, 6.45) is 15.5. The van der Waals surface area contributed by atoms with E-state index in [9.17, 15) is 0 Å². The summed E-state index contributed by atoms with van der Waals surface area (Å²) >= 11 is 0. The van der Waals surface area contributed by atoms with Gasteiger partial charge in [-0.15, -0.1) is 0 Å². The lowest BCUT2D eigenvalue weighted by Gasteiger charge is -2.18. The van der Waals surface area contributed by atoms with E-state index >= 15 is 0 Å². The van der Waals surface area contributed by atoms with Gasteiger partial charge in [0, 0.05) is 0 Å². The quantitative estimate of drug-likeness (QED) is 0.392. The Morgan fingerprint density at radius 1 is 0.600 bits per heavy atom. The van der Waals surface area contributed by atoms with Crippen LogP contribution in [0.15, 0.2) is 42.5 Å². The predicted molar refractivity (Wildman–Crippen MR) is 109 cm³/mol. The summed E-state index contributed by atoms with van der Waals surface area (Å²) in [7, 11) is 0. The first kappa shape index (κ1) is 15.2. The van der Waals surface area contributed by atoms with E-state index in [1.165, 1.54) is 83.3 Å². The highest BCUT2D eigenvalue weighted by atomic mass is 14.2. The first-order valence-electron chi connectivity index (χ1n) is 10.1. The molecular weight excluding hydrogens is 300 g/mol. The Morgan fingerprint density at radius 2 is 1.32 bits per heavy atom. The third kappa shape index (κ3) is 2.59. The van der Waals surface area contributed by atoms with Crippen LogP contribution in [0.1, 0.15) is 62.8 Å². The van der Waals surface area contributed by atoms with Crippen LogP contribution in [-0.4, -0.2) is 0 Å². The van der Waals surface area contributed by atoms with Crippen molar-refractivity contribution in [2.24, 2.45) is 0 Å². The molecule has 3 aromatic rings. The van der Waals surface area contributed by atoms with Crippen LogP contribution in [0.25, 0.3) is 33.7 Å². The van der Waals surface area contributed by atoms with Gasteiger partial charge in [-0.1, -0.05) is 80.3 Å². The number of hydrogen-bond acceptors (Lipinski definition) is 0. The Balaban J connectivity index is 1.76. The van der Waals surface area contributed by atoms with Crippen LogP contribution in [0.2, 0.25) is 0 Å². The second kappa shape index (κ2) is 6.33. The van der Waals surface area contributed by atoms with Gasteiger partial charge in [0.15, 0.2) is 0 Å². The van der Waals surface area contributed by atoms with Gasteiger partial charge in [0.1, 0.15) is 0 Å². The van der Waals surface area contributed by atoms with E-state index in [1.54, 1.807) is 5.56 Å². The van der Waals surface area contributed by atoms with Crippen LogP contribution < -0.4 is 10.4 Å². The molecule has 25 heavy (non-hydrogen) atoms. The minimum Gasteiger partial charge on any atom is -0.0763 e. The number of rotatable bonds is 1. The van der Waals surface area contributed by atoms with E-state index in [0.717, 1.165) is 5.92 Å². The van der Waals surface area contributed by atoms with Gasteiger partial charge in [-0.05, 0) is 69.1 Å². The van der Waals surface area contributed by atoms with Crippen molar-refractivity contribution in [2.75, 3.05) is 0 Å². The smallest absolute Gasteiger partial charge is 0.00990 e. The average molecular weight is 326 g/mol. The molecule has 2 aliphatic rings.